The second-order valence-electron chi connectivity index (χ2n) is 6.48. The number of ether oxygens (including phenoxy) is 1. The minimum absolute atomic E-state index is 0.0469. The number of fused-ring (bicyclic) bond motifs is 1. The largest absolute Gasteiger partial charge is 0.497 e. The van der Waals surface area contributed by atoms with Gasteiger partial charge in [-0.05, 0) is 35.9 Å². The fourth-order valence-electron chi connectivity index (χ4n) is 3.30. The number of likely N-dealkylation sites (N-methyl/N-ethyl adjacent to an activating group) is 1. The number of nitrogens with zero attached hydrogens (tertiary/aromatic N) is 1. The average molecular weight is 365 g/mol. The van der Waals surface area contributed by atoms with Gasteiger partial charge in [-0.2, -0.15) is 0 Å². The fourth-order valence-corrected chi connectivity index (χ4v) is 3.30. The molecule has 1 heterocycles. The number of allylic oxidation sites excluding steroid dienone is 1. The minimum atomic E-state index is -0.0469. The maximum absolute atomic E-state index is 13.1. The Labute approximate surface area is 164 Å². The number of hydrogen-bond acceptors (Lipinski definition) is 2. The molecule has 0 saturated heterocycles. The molecule has 3 aromatic rings. The van der Waals surface area contributed by atoms with Gasteiger partial charge in [0.05, 0.1) is 18.4 Å². The average Bonchev–Trinajstić information content (AvgIpc) is 3.00. The molecule has 4 rings (SSSR count). The molecule has 3 nitrogen and oxygen atoms in total. The first-order valence-electron chi connectivity index (χ1n) is 9.02. The van der Waals surface area contributed by atoms with Crippen molar-refractivity contribution in [1.29, 1.82) is 0 Å². The summed E-state index contributed by atoms with van der Waals surface area (Å²) >= 11 is 0. The molecule has 0 atom stereocenters. The van der Waals surface area contributed by atoms with E-state index in [0.29, 0.717) is 11.1 Å². The van der Waals surface area contributed by atoms with Crippen LogP contribution in [-0.4, -0.2) is 20.1 Å². The molecule has 0 unspecified atom stereocenters. The van der Waals surface area contributed by atoms with Crippen molar-refractivity contribution in [3.8, 4) is 17.6 Å². The van der Waals surface area contributed by atoms with Gasteiger partial charge in [0, 0.05) is 23.7 Å². The summed E-state index contributed by atoms with van der Waals surface area (Å²) in [6.07, 6.45) is 0. The Morgan fingerprint density at radius 3 is 2.29 bits per heavy atom. The van der Waals surface area contributed by atoms with Gasteiger partial charge < -0.3 is 9.64 Å². The summed E-state index contributed by atoms with van der Waals surface area (Å²) in [5.41, 5.74) is 4.94. The van der Waals surface area contributed by atoms with E-state index in [1.54, 1.807) is 19.1 Å². The Balaban J connectivity index is 1.94. The van der Waals surface area contributed by atoms with Gasteiger partial charge in [0.1, 0.15) is 5.75 Å². The van der Waals surface area contributed by atoms with Crippen molar-refractivity contribution < 1.29 is 9.53 Å². The van der Waals surface area contributed by atoms with E-state index in [4.69, 9.17) is 4.74 Å². The second-order valence-corrected chi connectivity index (χ2v) is 6.48. The summed E-state index contributed by atoms with van der Waals surface area (Å²) in [6, 6.07) is 25.2. The first-order chi connectivity index (χ1) is 13.7. The maximum Gasteiger partial charge on any atom is 0.260 e. The highest BCUT2D eigenvalue weighted by molar-refractivity contribution is 6.38. The lowest BCUT2D eigenvalue weighted by Crippen LogP contribution is -2.20. The van der Waals surface area contributed by atoms with E-state index in [2.05, 4.69) is 11.8 Å². The molecule has 136 valence electrons. The Kier molecular flexibility index (Phi) is 4.70. The van der Waals surface area contributed by atoms with Gasteiger partial charge in [-0.3, -0.25) is 4.79 Å². The standard InChI is InChI=1S/C25H19NO2/c1-26-23-11-7-6-10-22(23)24(25(26)27)21(17-12-18-8-4-3-5-9-18)19-13-15-20(28-2)16-14-19/h3-11,13-16H,1-2H3/b24-21-. The molecule has 0 saturated carbocycles. The monoisotopic (exact) mass is 365 g/mol. The normalized spacial score (nSPS) is 14.2. The SMILES string of the molecule is COc1ccc(/C(C#Cc2ccccc2)=C2\C(=O)N(C)c3ccccc32)cc1. The molecule has 0 bridgehead atoms. The molecule has 0 radical (unpaired) electrons. The Morgan fingerprint density at radius 2 is 1.57 bits per heavy atom. The van der Waals surface area contributed by atoms with E-state index in [9.17, 15) is 4.79 Å². The molecule has 0 aliphatic carbocycles. The lowest BCUT2D eigenvalue weighted by atomic mass is 9.95. The van der Waals surface area contributed by atoms with Crippen molar-refractivity contribution in [2.75, 3.05) is 19.1 Å². The van der Waals surface area contributed by atoms with E-state index in [1.807, 2.05) is 78.9 Å². The molecule has 0 spiro atoms. The van der Waals surface area contributed by atoms with E-state index < -0.39 is 0 Å². The lowest BCUT2D eigenvalue weighted by molar-refractivity contribution is -0.112. The number of carbonyl (C=O) groups excluding carboxylic acids is 1. The number of para-hydroxylation sites is 1. The predicted molar refractivity (Wildman–Crippen MR) is 113 cm³/mol. The van der Waals surface area contributed by atoms with Gasteiger partial charge in [-0.25, -0.2) is 0 Å². The molecule has 3 heteroatoms. The molecule has 1 aliphatic heterocycles. The first kappa shape index (κ1) is 17.6. The number of rotatable bonds is 2. The van der Waals surface area contributed by atoms with Crippen LogP contribution in [0.1, 0.15) is 16.7 Å². The van der Waals surface area contributed by atoms with Crippen molar-refractivity contribution in [3.63, 3.8) is 0 Å². The molecule has 28 heavy (non-hydrogen) atoms. The van der Waals surface area contributed by atoms with Crippen LogP contribution >= 0.6 is 0 Å². The molecule has 1 aliphatic rings. The van der Waals surface area contributed by atoms with E-state index in [0.717, 1.165) is 28.1 Å². The van der Waals surface area contributed by atoms with Gasteiger partial charge in [-0.1, -0.05) is 60.4 Å². The number of anilines is 1. The van der Waals surface area contributed by atoms with Gasteiger partial charge in [0.15, 0.2) is 0 Å². The van der Waals surface area contributed by atoms with Crippen LogP contribution in [0.3, 0.4) is 0 Å². The van der Waals surface area contributed by atoms with E-state index in [-0.39, 0.29) is 5.91 Å². The fraction of sp³-hybridized carbons (Fsp3) is 0.0800. The molecule has 0 aromatic heterocycles. The van der Waals surface area contributed by atoms with Crippen LogP contribution in [0.4, 0.5) is 5.69 Å². The number of benzene rings is 3. The Hall–Kier alpha value is -3.77. The molecule has 1 amide bonds. The summed E-state index contributed by atoms with van der Waals surface area (Å²) in [5.74, 6) is 7.19. The highest BCUT2D eigenvalue weighted by Crippen LogP contribution is 2.39. The van der Waals surface area contributed by atoms with E-state index in [1.165, 1.54) is 0 Å². The van der Waals surface area contributed by atoms with Crippen LogP contribution in [0.2, 0.25) is 0 Å². The third-order valence-electron chi connectivity index (χ3n) is 4.79. The molecule has 0 N–H and O–H groups in total. The predicted octanol–water partition coefficient (Wildman–Crippen LogP) is 4.63. The summed E-state index contributed by atoms with van der Waals surface area (Å²) in [7, 11) is 3.43. The van der Waals surface area contributed by atoms with Crippen LogP contribution in [0, 0.1) is 11.8 Å². The topological polar surface area (TPSA) is 29.5 Å². The summed E-state index contributed by atoms with van der Waals surface area (Å²) in [5, 5.41) is 0. The zero-order chi connectivity index (χ0) is 19.5. The summed E-state index contributed by atoms with van der Waals surface area (Å²) in [6.45, 7) is 0. The third-order valence-corrected chi connectivity index (χ3v) is 4.79. The van der Waals surface area contributed by atoms with Crippen LogP contribution in [-0.2, 0) is 4.79 Å². The van der Waals surface area contributed by atoms with Crippen molar-refractivity contribution in [3.05, 3.63) is 95.6 Å². The summed E-state index contributed by atoms with van der Waals surface area (Å²) < 4.78 is 5.27. The maximum atomic E-state index is 13.1. The third kappa shape index (κ3) is 3.17. The minimum Gasteiger partial charge on any atom is -0.497 e. The zero-order valence-electron chi connectivity index (χ0n) is 15.8. The molecule has 3 aromatic carbocycles. The number of carbonyl (C=O) groups is 1. The van der Waals surface area contributed by atoms with Crippen LogP contribution in [0.5, 0.6) is 5.75 Å². The van der Waals surface area contributed by atoms with Crippen LogP contribution in [0.15, 0.2) is 78.9 Å². The van der Waals surface area contributed by atoms with Crippen LogP contribution < -0.4 is 9.64 Å². The first-order valence-corrected chi connectivity index (χ1v) is 9.02. The van der Waals surface area contributed by atoms with Crippen molar-refractivity contribution in [2.45, 2.75) is 0 Å². The van der Waals surface area contributed by atoms with Gasteiger partial charge in [0.25, 0.3) is 5.91 Å². The Morgan fingerprint density at radius 1 is 0.893 bits per heavy atom. The van der Waals surface area contributed by atoms with Gasteiger partial charge >= 0.3 is 0 Å². The molecular formula is C25H19NO2. The summed E-state index contributed by atoms with van der Waals surface area (Å²) in [4.78, 5) is 14.8. The molecular weight excluding hydrogens is 346 g/mol. The van der Waals surface area contributed by atoms with Crippen molar-refractivity contribution in [2.24, 2.45) is 0 Å². The lowest BCUT2D eigenvalue weighted by Gasteiger charge is -2.09. The van der Waals surface area contributed by atoms with E-state index >= 15 is 0 Å². The highest BCUT2D eigenvalue weighted by Gasteiger charge is 2.32. The van der Waals surface area contributed by atoms with Crippen LogP contribution in [0.25, 0.3) is 11.1 Å². The second kappa shape index (κ2) is 7.46. The number of amides is 1. The van der Waals surface area contributed by atoms with Gasteiger partial charge in [-0.15, -0.1) is 0 Å². The Bertz CT molecular complexity index is 1120. The molecule has 0 fully saturated rings. The quantitative estimate of drug-likeness (QED) is 0.489. The van der Waals surface area contributed by atoms with Gasteiger partial charge in [0.2, 0.25) is 0 Å². The smallest absolute Gasteiger partial charge is 0.260 e. The van der Waals surface area contributed by atoms with Crippen molar-refractivity contribution >= 4 is 22.7 Å². The van der Waals surface area contributed by atoms with Crippen molar-refractivity contribution in [1.82, 2.24) is 0 Å². The number of hydrogen-bond donors (Lipinski definition) is 0. The highest BCUT2D eigenvalue weighted by atomic mass is 16.5. The number of methoxy groups -OCH3 is 1. The zero-order valence-corrected chi connectivity index (χ0v) is 15.8.